The number of rotatable bonds is 7. The Labute approximate surface area is 175 Å². The second-order valence-electron chi connectivity index (χ2n) is 6.76. The van der Waals surface area contributed by atoms with Crippen LogP contribution in [-0.4, -0.2) is 53.4 Å². The lowest BCUT2D eigenvalue weighted by molar-refractivity contribution is -0.122. The highest BCUT2D eigenvalue weighted by atomic mass is 16.5. The number of aryl methyl sites for hydroxylation is 1. The Balaban J connectivity index is 1.90. The molecule has 1 N–H and O–H groups in total. The molecule has 30 heavy (non-hydrogen) atoms. The Morgan fingerprint density at radius 2 is 1.77 bits per heavy atom. The van der Waals surface area contributed by atoms with E-state index in [2.05, 4.69) is 5.32 Å². The SMILES string of the molecule is COCC(=O)N1CCCc2ccc(NC(=O)c3ccc(OC)c(OC)c3OC)cc21. The number of benzene rings is 2. The van der Waals surface area contributed by atoms with Gasteiger partial charge in [-0.25, -0.2) is 0 Å². The molecule has 0 aliphatic carbocycles. The van der Waals surface area contributed by atoms with Crippen LogP contribution in [0.3, 0.4) is 0 Å². The summed E-state index contributed by atoms with van der Waals surface area (Å²) >= 11 is 0. The van der Waals surface area contributed by atoms with Crippen molar-refractivity contribution < 1.29 is 28.5 Å². The van der Waals surface area contributed by atoms with Gasteiger partial charge in [-0.05, 0) is 42.7 Å². The van der Waals surface area contributed by atoms with E-state index in [1.807, 2.05) is 18.2 Å². The van der Waals surface area contributed by atoms with Crippen molar-refractivity contribution >= 4 is 23.2 Å². The third-order valence-electron chi connectivity index (χ3n) is 4.98. The summed E-state index contributed by atoms with van der Waals surface area (Å²) in [7, 11) is 5.96. The van der Waals surface area contributed by atoms with Crippen molar-refractivity contribution in [2.45, 2.75) is 12.8 Å². The van der Waals surface area contributed by atoms with Crippen LogP contribution in [0.15, 0.2) is 30.3 Å². The molecule has 0 bridgehead atoms. The Morgan fingerprint density at radius 3 is 2.43 bits per heavy atom. The molecule has 2 aromatic rings. The van der Waals surface area contributed by atoms with Crippen molar-refractivity contribution in [3.8, 4) is 17.2 Å². The van der Waals surface area contributed by atoms with E-state index in [9.17, 15) is 9.59 Å². The van der Waals surface area contributed by atoms with Crippen LogP contribution in [-0.2, 0) is 16.0 Å². The van der Waals surface area contributed by atoms with E-state index >= 15 is 0 Å². The summed E-state index contributed by atoms with van der Waals surface area (Å²) < 4.78 is 21.0. The lowest BCUT2D eigenvalue weighted by atomic mass is 10.0. The van der Waals surface area contributed by atoms with Crippen LogP contribution in [0.2, 0.25) is 0 Å². The van der Waals surface area contributed by atoms with E-state index in [0.29, 0.717) is 29.3 Å². The zero-order chi connectivity index (χ0) is 21.7. The lowest BCUT2D eigenvalue weighted by Crippen LogP contribution is -2.37. The summed E-state index contributed by atoms with van der Waals surface area (Å²) in [5.74, 6) is 0.618. The number of methoxy groups -OCH3 is 4. The summed E-state index contributed by atoms with van der Waals surface area (Å²) in [6.45, 7) is 0.634. The topological polar surface area (TPSA) is 86.3 Å². The Morgan fingerprint density at radius 1 is 1.00 bits per heavy atom. The maximum Gasteiger partial charge on any atom is 0.259 e. The van der Waals surface area contributed by atoms with Crippen molar-refractivity contribution in [3.63, 3.8) is 0 Å². The summed E-state index contributed by atoms with van der Waals surface area (Å²) in [6, 6.07) is 8.83. The molecule has 0 saturated carbocycles. The molecule has 160 valence electrons. The van der Waals surface area contributed by atoms with E-state index in [1.54, 1.807) is 17.0 Å². The largest absolute Gasteiger partial charge is 0.493 e. The summed E-state index contributed by atoms with van der Waals surface area (Å²) in [5, 5.41) is 2.88. The number of hydrogen-bond acceptors (Lipinski definition) is 6. The van der Waals surface area contributed by atoms with E-state index < -0.39 is 0 Å². The predicted molar refractivity (Wildman–Crippen MR) is 113 cm³/mol. The van der Waals surface area contributed by atoms with Crippen molar-refractivity contribution in [2.24, 2.45) is 0 Å². The molecular weight excluding hydrogens is 388 g/mol. The third kappa shape index (κ3) is 4.18. The van der Waals surface area contributed by atoms with Crippen LogP contribution >= 0.6 is 0 Å². The molecule has 0 spiro atoms. The Kier molecular flexibility index (Phi) is 6.79. The van der Waals surface area contributed by atoms with Crippen LogP contribution in [0.4, 0.5) is 11.4 Å². The number of anilines is 2. The fraction of sp³-hybridized carbons (Fsp3) is 0.364. The van der Waals surface area contributed by atoms with Crippen molar-refractivity contribution in [1.29, 1.82) is 0 Å². The monoisotopic (exact) mass is 414 g/mol. The van der Waals surface area contributed by atoms with E-state index in [1.165, 1.54) is 28.4 Å². The number of fused-ring (bicyclic) bond motifs is 1. The molecule has 2 aromatic carbocycles. The van der Waals surface area contributed by atoms with Gasteiger partial charge >= 0.3 is 0 Å². The fourth-order valence-corrected chi connectivity index (χ4v) is 3.59. The maximum atomic E-state index is 13.0. The van der Waals surface area contributed by atoms with Gasteiger partial charge in [-0.2, -0.15) is 0 Å². The summed E-state index contributed by atoms with van der Waals surface area (Å²) in [6.07, 6.45) is 1.76. The number of nitrogens with zero attached hydrogens (tertiary/aromatic N) is 1. The number of amides is 2. The number of carbonyl (C=O) groups is 2. The first-order chi connectivity index (χ1) is 14.5. The van der Waals surface area contributed by atoms with Gasteiger partial charge in [-0.15, -0.1) is 0 Å². The molecule has 3 rings (SSSR count). The minimum atomic E-state index is -0.363. The zero-order valence-corrected chi connectivity index (χ0v) is 17.6. The first kappa shape index (κ1) is 21.4. The highest BCUT2D eigenvalue weighted by molar-refractivity contribution is 6.07. The van der Waals surface area contributed by atoms with Gasteiger partial charge < -0.3 is 29.2 Å². The van der Waals surface area contributed by atoms with Crippen LogP contribution in [0.25, 0.3) is 0 Å². The molecule has 1 aliphatic heterocycles. The minimum absolute atomic E-state index is 0.0128. The molecule has 8 heteroatoms. The van der Waals surface area contributed by atoms with Gasteiger partial charge in [0.1, 0.15) is 6.61 Å². The first-order valence-corrected chi connectivity index (χ1v) is 9.56. The first-order valence-electron chi connectivity index (χ1n) is 9.56. The summed E-state index contributed by atoms with van der Waals surface area (Å²) in [5.41, 5.74) is 2.74. The highest BCUT2D eigenvalue weighted by Gasteiger charge is 2.24. The van der Waals surface area contributed by atoms with Crippen LogP contribution in [0, 0.1) is 0 Å². The molecule has 0 atom stereocenters. The molecule has 0 radical (unpaired) electrons. The lowest BCUT2D eigenvalue weighted by Gasteiger charge is -2.30. The minimum Gasteiger partial charge on any atom is -0.493 e. The zero-order valence-electron chi connectivity index (χ0n) is 17.6. The number of nitrogens with one attached hydrogen (secondary N) is 1. The Bertz CT molecular complexity index is 943. The molecule has 0 saturated heterocycles. The van der Waals surface area contributed by atoms with Gasteiger partial charge in [0.25, 0.3) is 11.8 Å². The van der Waals surface area contributed by atoms with Crippen LogP contribution in [0.5, 0.6) is 17.2 Å². The van der Waals surface area contributed by atoms with E-state index in [4.69, 9.17) is 18.9 Å². The van der Waals surface area contributed by atoms with E-state index in [-0.39, 0.29) is 24.2 Å². The van der Waals surface area contributed by atoms with Gasteiger partial charge in [0, 0.05) is 25.0 Å². The average Bonchev–Trinajstić information content (AvgIpc) is 2.77. The molecular formula is C22H26N2O6. The Hall–Kier alpha value is -3.26. The molecule has 2 amide bonds. The number of ether oxygens (including phenoxy) is 4. The van der Waals surface area contributed by atoms with Gasteiger partial charge in [0.2, 0.25) is 5.75 Å². The molecule has 1 heterocycles. The van der Waals surface area contributed by atoms with Gasteiger partial charge in [0.05, 0.1) is 26.9 Å². The second kappa shape index (κ2) is 9.49. The standard InChI is InChI=1S/C22H26N2O6/c1-27-13-19(25)24-11-5-6-14-7-8-15(12-17(14)24)23-22(26)16-9-10-18(28-2)21(30-4)20(16)29-3/h7-10,12H,5-6,11,13H2,1-4H3,(H,23,26). The highest BCUT2D eigenvalue weighted by Crippen LogP contribution is 2.40. The predicted octanol–water partition coefficient (Wildman–Crippen LogP) is 2.89. The molecule has 0 aromatic heterocycles. The maximum absolute atomic E-state index is 13.0. The van der Waals surface area contributed by atoms with Crippen LogP contribution < -0.4 is 24.4 Å². The smallest absolute Gasteiger partial charge is 0.259 e. The van der Waals surface area contributed by atoms with Crippen molar-refractivity contribution in [1.82, 2.24) is 0 Å². The fourth-order valence-electron chi connectivity index (χ4n) is 3.59. The summed E-state index contributed by atoms with van der Waals surface area (Å²) in [4.78, 5) is 27.1. The van der Waals surface area contributed by atoms with Crippen molar-refractivity contribution in [2.75, 3.05) is 51.8 Å². The number of carbonyl (C=O) groups excluding carboxylic acids is 2. The van der Waals surface area contributed by atoms with Crippen LogP contribution in [0.1, 0.15) is 22.3 Å². The molecule has 0 fully saturated rings. The quantitative estimate of drug-likeness (QED) is 0.750. The third-order valence-corrected chi connectivity index (χ3v) is 4.98. The van der Waals surface area contributed by atoms with Gasteiger partial charge in [-0.1, -0.05) is 6.07 Å². The normalized spacial score (nSPS) is 12.7. The molecule has 8 nitrogen and oxygen atoms in total. The van der Waals surface area contributed by atoms with E-state index in [0.717, 1.165) is 24.1 Å². The van der Waals surface area contributed by atoms with Gasteiger partial charge in [0.15, 0.2) is 11.5 Å². The number of hydrogen-bond donors (Lipinski definition) is 1. The molecule has 0 unspecified atom stereocenters. The second-order valence-corrected chi connectivity index (χ2v) is 6.76. The van der Waals surface area contributed by atoms with Gasteiger partial charge in [-0.3, -0.25) is 9.59 Å². The molecule has 1 aliphatic rings. The average molecular weight is 414 g/mol. The van der Waals surface area contributed by atoms with Crippen molar-refractivity contribution in [3.05, 3.63) is 41.5 Å².